The first kappa shape index (κ1) is 18.3. The van der Waals surface area contributed by atoms with Crippen LogP contribution in [-0.4, -0.2) is 0 Å². The van der Waals surface area contributed by atoms with E-state index < -0.39 is 0 Å². The minimum absolute atomic E-state index is 0.108. The third-order valence-electron chi connectivity index (χ3n) is 7.94. The number of allylic oxidation sites excluding steroid dienone is 2. The minimum atomic E-state index is -0.108. The lowest BCUT2D eigenvalue weighted by atomic mass is 9.61. The predicted octanol–water partition coefficient (Wildman–Crippen LogP) is 7.51. The van der Waals surface area contributed by atoms with E-state index in [2.05, 4.69) is 19.1 Å². The lowest BCUT2D eigenvalue weighted by molar-refractivity contribution is 0.0719. The van der Waals surface area contributed by atoms with Crippen LogP contribution >= 0.6 is 0 Å². The number of hydrogen-bond donors (Lipinski definition) is 0. The van der Waals surface area contributed by atoms with Gasteiger partial charge in [0.2, 0.25) is 0 Å². The Labute approximate surface area is 159 Å². The zero-order valence-electron chi connectivity index (χ0n) is 16.4. The average molecular weight is 355 g/mol. The topological polar surface area (TPSA) is 0 Å². The largest absolute Gasteiger partial charge is 0.207 e. The Hall–Kier alpha value is -1.11. The van der Waals surface area contributed by atoms with E-state index in [1.54, 1.807) is 12.1 Å². The Kier molecular flexibility index (Phi) is 5.81. The molecule has 0 aromatic heterocycles. The van der Waals surface area contributed by atoms with Crippen LogP contribution in [0, 0.1) is 35.4 Å². The summed E-state index contributed by atoms with van der Waals surface area (Å²) in [7, 11) is 0. The van der Waals surface area contributed by atoms with Crippen molar-refractivity contribution < 1.29 is 4.39 Å². The maximum Gasteiger partial charge on any atom is 0.123 e. The molecule has 0 saturated heterocycles. The van der Waals surface area contributed by atoms with Crippen molar-refractivity contribution in [3.63, 3.8) is 0 Å². The van der Waals surface area contributed by atoms with Crippen LogP contribution < -0.4 is 0 Å². The maximum absolute atomic E-state index is 13.2. The van der Waals surface area contributed by atoms with E-state index in [1.807, 2.05) is 12.1 Å². The Morgan fingerprint density at radius 1 is 0.731 bits per heavy atom. The van der Waals surface area contributed by atoms with Gasteiger partial charge in [-0.15, -0.1) is 0 Å². The molecule has 0 spiro atoms. The molecule has 4 rings (SSSR count). The molecule has 0 aliphatic heterocycles. The van der Waals surface area contributed by atoms with E-state index in [9.17, 15) is 4.39 Å². The first-order chi connectivity index (χ1) is 12.7. The van der Waals surface area contributed by atoms with Crippen molar-refractivity contribution in [2.24, 2.45) is 29.6 Å². The van der Waals surface area contributed by atoms with Crippen molar-refractivity contribution in [2.75, 3.05) is 0 Å². The van der Waals surface area contributed by atoms with Gasteiger partial charge < -0.3 is 0 Å². The highest BCUT2D eigenvalue weighted by Crippen LogP contribution is 2.50. The molecule has 3 aliphatic rings. The van der Waals surface area contributed by atoms with Gasteiger partial charge >= 0.3 is 0 Å². The molecule has 26 heavy (non-hydrogen) atoms. The van der Waals surface area contributed by atoms with Crippen molar-refractivity contribution >= 4 is 0 Å². The van der Waals surface area contributed by atoms with Gasteiger partial charge in [-0.2, -0.15) is 0 Å². The van der Waals surface area contributed by atoms with E-state index in [0.29, 0.717) is 5.92 Å². The molecule has 1 heteroatoms. The molecule has 4 unspecified atom stereocenters. The zero-order chi connectivity index (χ0) is 17.9. The zero-order valence-corrected chi connectivity index (χ0v) is 16.4. The molecule has 3 fully saturated rings. The smallest absolute Gasteiger partial charge is 0.123 e. The van der Waals surface area contributed by atoms with Crippen LogP contribution in [0.1, 0.15) is 82.6 Å². The SMILES string of the molecule is C/C=C/C1CCC2CC(C3CCC(c4ccc(F)cc4)CC3)CCC2C1. The number of hydrogen-bond acceptors (Lipinski definition) is 0. The molecule has 142 valence electrons. The molecule has 1 aromatic rings. The third kappa shape index (κ3) is 4.07. The molecule has 0 N–H and O–H groups in total. The summed E-state index contributed by atoms with van der Waals surface area (Å²) in [6.07, 6.45) is 19.0. The fourth-order valence-corrected chi connectivity index (χ4v) is 6.50. The van der Waals surface area contributed by atoms with Gasteiger partial charge in [0.25, 0.3) is 0 Å². The molecule has 0 heterocycles. The molecule has 3 aliphatic carbocycles. The number of rotatable bonds is 3. The summed E-state index contributed by atoms with van der Waals surface area (Å²) in [5, 5.41) is 0. The van der Waals surface area contributed by atoms with Crippen LogP contribution in [0.4, 0.5) is 4.39 Å². The van der Waals surface area contributed by atoms with Crippen LogP contribution in [0.15, 0.2) is 36.4 Å². The fraction of sp³-hybridized carbons (Fsp3) is 0.680. The summed E-state index contributed by atoms with van der Waals surface area (Å²) in [5.41, 5.74) is 1.36. The predicted molar refractivity (Wildman–Crippen MR) is 108 cm³/mol. The Morgan fingerprint density at radius 3 is 2.00 bits per heavy atom. The second kappa shape index (κ2) is 8.28. The van der Waals surface area contributed by atoms with Crippen LogP contribution in [0.25, 0.3) is 0 Å². The van der Waals surface area contributed by atoms with Gasteiger partial charge in [0.05, 0.1) is 0 Å². The van der Waals surface area contributed by atoms with Gasteiger partial charge in [-0.3, -0.25) is 0 Å². The Morgan fingerprint density at radius 2 is 1.31 bits per heavy atom. The summed E-state index contributed by atoms with van der Waals surface area (Å²) >= 11 is 0. The fourth-order valence-electron chi connectivity index (χ4n) is 6.50. The molecule has 0 radical (unpaired) electrons. The highest BCUT2D eigenvalue weighted by Gasteiger charge is 2.38. The van der Waals surface area contributed by atoms with Crippen molar-refractivity contribution in [1.29, 1.82) is 0 Å². The summed E-state index contributed by atoms with van der Waals surface area (Å²) in [6.45, 7) is 2.17. The van der Waals surface area contributed by atoms with Crippen molar-refractivity contribution in [1.82, 2.24) is 0 Å². The highest BCUT2D eigenvalue weighted by molar-refractivity contribution is 5.21. The quantitative estimate of drug-likeness (QED) is 0.493. The van der Waals surface area contributed by atoms with E-state index in [1.165, 1.54) is 69.8 Å². The van der Waals surface area contributed by atoms with Crippen molar-refractivity contribution in [2.45, 2.75) is 77.0 Å². The second-order valence-corrected chi connectivity index (χ2v) is 9.36. The van der Waals surface area contributed by atoms with Gasteiger partial charge in [0.15, 0.2) is 0 Å². The molecule has 3 saturated carbocycles. The van der Waals surface area contributed by atoms with E-state index in [0.717, 1.165) is 29.6 Å². The molecule has 0 amide bonds. The second-order valence-electron chi connectivity index (χ2n) is 9.36. The van der Waals surface area contributed by atoms with Gasteiger partial charge in [0, 0.05) is 0 Å². The maximum atomic E-state index is 13.2. The minimum Gasteiger partial charge on any atom is -0.207 e. The molecule has 1 aromatic carbocycles. The van der Waals surface area contributed by atoms with Gasteiger partial charge in [-0.1, -0.05) is 24.3 Å². The number of halogens is 1. The molecular formula is C25H35F. The van der Waals surface area contributed by atoms with Crippen LogP contribution in [0.2, 0.25) is 0 Å². The lowest BCUT2D eigenvalue weighted by Crippen LogP contribution is -2.34. The van der Waals surface area contributed by atoms with Gasteiger partial charge in [-0.25, -0.2) is 4.39 Å². The highest BCUT2D eigenvalue weighted by atomic mass is 19.1. The summed E-state index contributed by atoms with van der Waals surface area (Å²) < 4.78 is 13.2. The first-order valence-electron chi connectivity index (χ1n) is 11.1. The molecule has 4 atom stereocenters. The average Bonchev–Trinajstić information content (AvgIpc) is 2.69. The van der Waals surface area contributed by atoms with E-state index in [4.69, 9.17) is 0 Å². The molecule has 0 bridgehead atoms. The monoisotopic (exact) mass is 354 g/mol. The first-order valence-corrected chi connectivity index (χ1v) is 11.1. The van der Waals surface area contributed by atoms with Crippen LogP contribution in [-0.2, 0) is 0 Å². The van der Waals surface area contributed by atoms with Crippen LogP contribution in [0.3, 0.4) is 0 Å². The summed E-state index contributed by atoms with van der Waals surface area (Å²) in [6, 6.07) is 7.28. The normalized spacial score (nSPS) is 38.2. The molecular weight excluding hydrogens is 319 g/mol. The summed E-state index contributed by atoms with van der Waals surface area (Å²) in [4.78, 5) is 0. The number of benzene rings is 1. The Balaban J connectivity index is 1.28. The third-order valence-corrected chi connectivity index (χ3v) is 7.94. The summed E-state index contributed by atoms with van der Waals surface area (Å²) in [5.74, 6) is 5.40. The van der Waals surface area contributed by atoms with Crippen molar-refractivity contribution in [3.05, 3.63) is 47.8 Å². The van der Waals surface area contributed by atoms with E-state index in [-0.39, 0.29) is 5.82 Å². The lowest BCUT2D eigenvalue weighted by Gasteiger charge is -2.45. The standard InChI is InChI=1S/C25H35F/c1-2-3-18-4-5-24-17-23(11-10-22(24)16-18)21-8-6-19(7-9-21)20-12-14-25(26)15-13-20/h2-3,12-15,18-19,21-24H,4-11,16-17H2,1H3/b3-2+. The van der Waals surface area contributed by atoms with Gasteiger partial charge in [0.1, 0.15) is 5.82 Å². The number of fused-ring (bicyclic) bond motifs is 1. The molecule has 0 nitrogen and oxygen atoms in total. The van der Waals surface area contributed by atoms with E-state index >= 15 is 0 Å². The van der Waals surface area contributed by atoms with Crippen molar-refractivity contribution in [3.8, 4) is 0 Å². The van der Waals surface area contributed by atoms with Gasteiger partial charge in [-0.05, 0) is 124 Å². The Bertz CT molecular complexity index is 593. The van der Waals surface area contributed by atoms with Crippen LogP contribution in [0.5, 0.6) is 0 Å².